The zero-order valence-electron chi connectivity index (χ0n) is 7.97. The molecule has 3 heteroatoms. The minimum Gasteiger partial charge on any atom is -0.466 e. The standard InChI is InChI=1S/C9H18O3/c1-3-9(10)12-8-6-4-5-7-11-2/h3-8H2,1-2H3. The van der Waals surface area contributed by atoms with Crippen molar-refractivity contribution in [3.05, 3.63) is 0 Å². The van der Waals surface area contributed by atoms with Gasteiger partial charge in [0.15, 0.2) is 0 Å². The number of unbranched alkanes of at least 4 members (excludes halogenated alkanes) is 2. The lowest BCUT2D eigenvalue weighted by atomic mass is 10.2. The zero-order chi connectivity index (χ0) is 9.23. The Morgan fingerprint density at radius 1 is 1.17 bits per heavy atom. The van der Waals surface area contributed by atoms with E-state index >= 15 is 0 Å². The Hall–Kier alpha value is -0.570. The summed E-state index contributed by atoms with van der Waals surface area (Å²) in [7, 11) is 1.69. The molecule has 0 aliphatic heterocycles. The van der Waals surface area contributed by atoms with E-state index in [0.29, 0.717) is 13.0 Å². The summed E-state index contributed by atoms with van der Waals surface area (Å²) in [5.74, 6) is -0.109. The van der Waals surface area contributed by atoms with Gasteiger partial charge in [-0.1, -0.05) is 6.92 Å². The first kappa shape index (κ1) is 11.4. The third-order valence-electron chi connectivity index (χ3n) is 1.54. The zero-order valence-corrected chi connectivity index (χ0v) is 7.97. The Kier molecular flexibility index (Phi) is 8.12. The molecule has 0 saturated carbocycles. The molecular weight excluding hydrogens is 156 g/mol. The molecule has 0 spiro atoms. The SMILES string of the molecule is CCC(=O)OCCCCCOC. The maximum Gasteiger partial charge on any atom is 0.305 e. The van der Waals surface area contributed by atoms with Crippen LogP contribution in [0.15, 0.2) is 0 Å². The van der Waals surface area contributed by atoms with Crippen molar-refractivity contribution >= 4 is 5.97 Å². The van der Waals surface area contributed by atoms with Crippen LogP contribution in [0.1, 0.15) is 32.6 Å². The van der Waals surface area contributed by atoms with Crippen molar-refractivity contribution < 1.29 is 14.3 Å². The molecule has 0 heterocycles. The van der Waals surface area contributed by atoms with E-state index in [-0.39, 0.29) is 5.97 Å². The van der Waals surface area contributed by atoms with Crippen LogP contribution in [0.2, 0.25) is 0 Å². The van der Waals surface area contributed by atoms with Crippen LogP contribution in [-0.2, 0) is 14.3 Å². The highest BCUT2D eigenvalue weighted by Gasteiger charge is 1.96. The maximum atomic E-state index is 10.7. The summed E-state index contributed by atoms with van der Waals surface area (Å²) in [5, 5.41) is 0. The lowest BCUT2D eigenvalue weighted by Crippen LogP contribution is -2.03. The highest BCUT2D eigenvalue weighted by molar-refractivity contribution is 5.68. The van der Waals surface area contributed by atoms with Gasteiger partial charge in [0, 0.05) is 20.1 Å². The van der Waals surface area contributed by atoms with Crippen LogP contribution < -0.4 is 0 Å². The van der Waals surface area contributed by atoms with Gasteiger partial charge in [-0.3, -0.25) is 4.79 Å². The van der Waals surface area contributed by atoms with Crippen molar-refractivity contribution in [3.8, 4) is 0 Å². The molecule has 0 unspecified atom stereocenters. The van der Waals surface area contributed by atoms with E-state index in [0.717, 1.165) is 25.9 Å². The molecule has 0 radical (unpaired) electrons. The number of rotatable bonds is 7. The van der Waals surface area contributed by atoms with Gasteiger partial charge >= 0.3 is 5.97 Å². The summed E-state index contributed by atoms with van der Waals surface area (Å²) < 4.78 is 9.77. The summed E-state index contributed by atoms with van der Waals surface area (Å²) >= 11 is 0. The monoisotopic (exact) mass is 174 g/mol. The molecule has 0 N–H and O–H groups in total. The second-order valence-corrected chi connectivity index (χ2v) is 2.63. The molecular formula is C9H18O3. The topological polar surface area (TPSA) is 35.5 Å². The average molecular weight is 174 g/mol. The van der Waals surface area contributed by atoms with Crippen LogP contribution in [0.4, 0.5) is 0 Å². The molecule has 0 atom stereocenters. The first-order valence-electron chi connectivity index (χ1n) is 4.45. The van der Waals surface area contributed by atoms with Crippen LogP contribution in [0.5, 0.6) is 0 Å². The molecule has 0 aromatic carbocycles. The van der Waals surface area contributed by atoms with Crippen molar-refractivity contribution in [2.24, 2.45) is 0 Å². The summed E-state index contributed by atoms with van der Waals surface area (Å²) in [4.78, 5) is 10.7. The van der Waals surface area contributed by atoms with Crippen LogP contribution in [-0.4, -0.2) is 26.3 Å². The molecule has 12 heavy (non-hydrogen) atoms. The van der Waals surface area contributed by atoms with E-state index < -0.39 is 0 Å². The Labute approximate surface area is 74.0 Å². The normalized spacial score (nSPS) is 9.83. The Morgan fingerprint density at radius 3 is 2.42 bits per heavy atom. The molecule has 0 amide bonds. The third kappa shape index (κ3) is 7.54. The largest absolute Gasteiger partial charge is 0.466 e. The van der Waals surface area contributed by atoms with Crippen LogP contribution >= 0.6 is 0 Å². The number of carbonyl (C=O) groups is 1. The number of ether oxygens (including phenoxy) is 2. The quantitative estimate of drug-likeness (QED) is 0.436. The minimum atomic E-state index is -0.109. The van der Waals surface area contributed by atoms with Crippen molar-refractivity contribution in [1.29, 1.82) is 0 Å². The number of hydrogen-bond donors (Lipinski definition) is 0. The molecule has 0 rings (SSSR count). The Balaban J connectivity index is 2.95. The smallest absolute Gasteiger partial charge is 0.305 e. The second-order valence-electron chi connectivity index (χ2n) is 2.63. The molecule has 0 aliphatic carbocycles. The lowest BCUT2D eigenvalue weighted by molar-refractivity contribution is -0.143. The average Bonchev–Trinajstić information content (AvgIpc) is 2.10. The van der Waals surface area contributed by atoms with Crippen LogP contribution in [0.25, 0.3) is 0 Å². The number of hydrogen-bond acceptors (Lipinski definition) is 3. The molecule has 0 saturated heterocycles. The van der Waals surface area contributed by atoms with Crippen molar-refractivity contribution in [3.63, 3.8) is 0 Å². The van der Waals surface area contributed by atoms with E-state index in [4.69, 9.17) is 9.47 Å². The molecule has 0 bridgehead atoms. The first-order valence-corrected chi connectivity index (χ1v) is 4.45. The molecule has 72 valence electrons. The molecule has 0 aliphatic rings. The maximum absolute atomic E-state index is 10.7. The lowest BCUT2D eigenvalue weighted by Gasteiger charge is -2.02. The summed E-state index contributed by atoms with van der Waals surface area (Å²) in [6.07, 6.45) is 3.51. The van der Waals surface area contributed by atoms with Gasteiger partial charge in [0.2, 0.25) is 0 Å². The number of esters is 1. The third-order valence-corrected chi connectivity index (χ3v) is 1.54. The van der Waals surface area contributed by atoms with Crippen molar-refractivity contribution in [1.82, 2.24) is 0 Å². The van der Waals surface area contributed by atoms with Gasteiger partial charge in [-0.15, -0.1) is 0 Å². The molecule has 0 aromatic rings. The van der Waals surface area contributed by atoms with Gasteiger partial charge in [0.05, 0.1) is 6.61 Å². The molecule has 3 nitrogen and oxygen atoms in total. The van der Waals surface area contributed by atoms with Crippen LogP contribution in [0, 0.1) is 0 Å². The van der Waals surface area contributed by atoms with Gasteiger partial charge in [0.25, 0.3) is 0 Å². The fourth-order valence-corrected chi connectivity index (χ4v) is 0.813. The first-order chi connectivity index (χ1) is 5.81. The van der Waals surface area contributed by atoms with Crippen LogP contribution in [0.3, 0.4) is 0 Å². The number of methoxy groups -OCH3 is 1. The van der Waals surface area contributed by atoms with Gasteiger partial charge < -0.3 is 9.47 Å². The molecule has 0 fully saturated rings. The fraction of sp³-hybridized carbons (Fsp3) is 0.889. The summed E-state index contributed by atoms with van der Waals surface area (Å²) in [5.41, 5.74) is 0. The van der Waals surface area contributed by atoms with E-state index in [9.17, 15) is 4.79 Å². The van der Waals surface area contributed by atoms with Crippen molar-refractivity contribution in [2.75, 3.05) is 20.3 Å². The summed E-state index contributed by atoms with van der Waals surface area (Å²) in [6.45, 7) is 3.14. The highest BCUT2D eigenvalue weighted by atomic mass is 16.5. The predicted octanol–water partition coefficient (Wildman–Crippen LogP) is 1.76. The van der Waals surface area contributed by atoms with Gasteiger partial charge in [-0.2, -0.15) is 0 Å². The predicted molar refractivity (Wildman–Crippen MR) is 47.0 cm³/mol. The van der Waals surface area contributed by atoms with E-state index in [1.54, 1.807) is 14.0 Å². The van der Waals surface area contributed by atoms with E-state index in [1.165, 1.54) is 0 Å². The minimum absolute atomic E-state index is 0.109. The summed E-state index contributed by atoms with van der Waals surface area (Å²) in [6, 6.07) is 0. The van der Waals surface area contributed by atoms with Gasteiger partial charge in [-0.05, 0) is 19.3 Å². The van der Waals surface area contributed by atoms with Gasteiger partial charge in [0.1, 0.15) is 0 Å². The Bertz CT molecular complexity index is 112. The van der Waals surface area contributed by atoms with Crippen molar-refractivity contribution in [2.45, 2.75) is 32.6 Å². The highest BCUT2D eigenvalue weighted by Crippen LogP contribution is 1.96. The molecule has 0 aromatic heterocycles. The fourth-order valence-electron chi connectivity index (χ4n) is 0.813. The van der Waals surface area contributed by atoms with E-state index in [1.807, 2.05) is 0 Å². The van der Waals surface area contributed by atoms with Gasteiger partial charge in [-0.25, -0.2) is 0 Å². The number of carbonyl (C=O) groups excluding carboxylic acids is 1. The van der Waals surface area contributed by atoms with E-state index in [2.05, 4.69) is 0 Å². The second kappa shape index (κ2) is 8.53. The Morgan fingerprint density at radius 2 is 1.83 bits per heavy atom.